The quantitative estimate of drug-likeness (QED) is 0.784. The van der Waals surface area contributed by atoms with Crippen molar-refractivity contribution in [1.82, 2.24) is 19.7 Å². The molecule has 0 aliphatic carbocycles. The summed E-state index contributed by atoms with van der Waals surface area (Å²) in [7, 11) is 0. The van der Waals surface area contributed by atoms with Crippen LogP contribution >= 0.6 is 0 Å². The highest BCUT2D eigenvalue weighted by Crippen LogP contribution is 2.24. The largest absolute Gasteiger partial charge is 0.365 e. The fourth-order valence-electron chi connectivity index (χ4n) is 2.35. The van der Waals surface area contributed by atoms with Crippen molar-refractivity contribution in [2.45, 2.75) is 40.2 Å². The van der Waals surface area contributed by atoms with Crippen LogP contribution in [0.1, 0.15) is 31.9 Å². The summed E-state index contributed by atoms with van der Waals surface area (Å²) in [5.74, 6) is 0.813. The smallest absolute Gasteiger partial charge is 0.168 e. The van der Waals surface area contributed by atoms with Gasteiger partial charge < -0.3 is 5.32 Å². The molecule has 0 aliphatic rings. The highest BCUT2D eigenvalue weighted by Gasteiger charge is 2.16. The fraction of sp³-hybridized carbons (Fsp3) is 0.353. The number of nitrogens with one attached hydrogen (secondary N) is 1. The van der Waals surface area contributed by atoms with Gasteiger partial charge in [-0.05, 0) is 57.9 Å². The van der Waals surface area contributed by atoms with Gasteiger partial charge >= 0.3 is 0 Å². The number of hydrogen-bond donors (Lipinski definition) is 1. The van der Waals surface area contributed by atoms with Gasteiger partial charge in [-0.1, -0.05) is 6.07 Å². The number of aromatic nitrogens is 4. The molecule has 3 rings (SSSR count). The number of fused-ring (bicyclic) bond motifs is 1. The van der Waals surface area contributed by atoms with Crippen molar-refractivity contribution in [3.8, 4) is 5.69 Å². The summed E-state index contributed by atoms with van der Waals surface area (Å²) in [6.07, 6.45) is 3.40. The van der Waals surface area contributed by atoms with E-state index in [9.17, 15) is 0 Å². The van der Waals surface area contributed by atoms with E-state index in [1.165, 1.54) is 11.1 Å². The molecule has 5 nitrogen and oxygen atoms in total. The molecule has 0 aliphatic heterocycles. The van der Waals surface area contributed by atoms with E-state index >= 15 is 0 Å². The van der Waals surface area contributed by atoms with Gasteiger partial charge in [0.25, 0.3) is 0 Å². The van der Waals surface area contributed by atoms with Gasteiger partial charge in [0, 0.05) is 5.54 Å². The molecule has 2 heterocycles. The molecule has 0 amide bonds. The number of hydrogen-bond acceptors (Lipinski definition) is 4. The Morgan fingerprint density at radius 1 is 1.05 bits per heavy atom. The predicted octanol–water partition coefficient (Wildman–Crippen LogP) is 3.64. The number of benzene rings is 1. The van der Waals surface area contributed by atoms with Gasteiger partial charge in [-0.25, -0.2) is 14.6 Å². The van der Waals surface area contributed by atoms with Gasteiger partial charge in [-0.2, -0.15) is 5.10 Å². The van der Waals surface area contributed by atoms with Crippen LogP contribution in [0.15, 0.2) is 30.7 Å². The number of anilines is 1. The molecule has 0 fully saturated rings. The molecule has 0 radical (unpaired) electrons. The Hall–Kier alpha value is -2.43. The van der Waals surface area contributed by atoms with Crippen molar-refractivity contribution in [2.24, 2.45) is 0 Å². The summed E-state index contributed by atoms with van der Waals surface area (Å²) in [6.45, 7) is 10.5. The Morgan fingerprint density at radius 3 is 2.50 bits per heavy atom. The molecular formula is C17H21N5. The third-order valence-corrected chi connectivity index (χ3v) is 3.59. The molecule has 0 bridgehead atoms. The van der Waals surface area contributed by atoms with E-state index in [1.54, 1.807) is 6.33 Å². The van der Waals surface area contributed by atoms with E-state index < -0.39 is 0 Å². The Bertz CT molecular complexity index is 827. The maximum absolute atomic E-state index is 4.50. The van der Waals surface area contributed by atoms with Crippen molar-refractivity contribution in [1.29, 1.82) is 0 Å². The lowest BCUT2D eigenvalue weighted by Crippen LogP contribution is -2.26. The van der Waals surface area contributed by atoms with Crippen molar-refractivity contribution < 1.29 is 0 Å². The molecule has 22 heavy (non-hydrogen) atoms. The molecule has 3 aromatic rings. The summed E-state index contributed by atoms with van der Waals surface area (Å²) < 4.78 is 1.86. The molecule has 114 valence electrons. The van der Waals surface area contributed by atoms with Crippen molar-refractivity contribution in [2.75, 3.05) is 5.32 Å². The van der Waals surface area contributed by atoms with E-state index in [0.717, 1.165) is 22.5 Å². The topological polar surface area (TPSA) is 55.6 Å². The van der Waals surface area contributed by atoms with Crippen LogP contribution in [0.5, 0.6) is 0 Å². The third kappa shape index (κ3) is 2.66. The first-order valence-corrected chi connectivity index (χ1v) is 7.40. The number of nitrogens with zero attached hydrogens (tertiary/aromatic N) is 4. The van der Waals surface area contributed by atoms with E-state index in [1.807, 2.05) is 10.9 Å². The first-order chi connectivity index (χ1) is 10.3. The Balaban J connectivity index is 2.13. The van der Waals surface area contributed by atoms with Crippen molar-refractivity contribution in [3.05, 3.63) is 41.9 Å². The zero-order valence-corrected chi connectivity index (χ0v) is 13.7. The van der Waals surface area contributed by atoms with Crippen LogP contribution in [-0.2, 0) is 0 Å². The standard InChI is InChI=1S/C17H21N5/c1-11-6-7-13(8-12(11)2)22-16-14(9-20-22)15(18-10-19-16)21-17(3,4)5/h6-10H,1-5H3,(H,18,19,21). The first-order valence-electron chi connectivity index (χ1n) is 7.40. The molecule has 5 heteroatoms. The summed E-state index contributed by atoms with van der Waals surface area (Å²) in [5, 5.41) is 8.83. The zero-order chi connectivity index (χ0) is 15.9. The summed E-state index contributed by atoms with van der Waals surface area (Å²) in [4.78, 5) is 8.77. The van der Waals surface area contributed by atoms with Crippen LogP contribution in [0.2, 0.25) is 0 Å². The molecule has 0 unspecified atom stereocenters. The SMILES string of the molecule is Cc1ccc(-n2ncc3c(NC(C)(C)C)ncnc32)cc1C. The lowest BCUT2D eigenvalue weighted by atomic mass is 10.1. The zero-order valence-electron chi connectivity index (χ0n) is 13.7. The second-order valence-corrected chi connectivity index (χ2v) is 6.66. The maximum Gasteiger partial charge on any atom is 0.168 e. The fourth-order valence-corrected chi connectivity index (χ4v) is 2.35. The van der Waals surface area contributed by atoms with Crippen molar-refractivity contribution >= 4 is 16.9 Å². The van der Waals surface area contributed by atoms with Gasteiger partial charge in [0.05, 0.1) is 17.3 Å². The first kappa shape index (κ1) is 14.5. The van der Waals surface area contributed by atoms with E-state index in [4.69, 9.17) is 0 Å². The monoisotopic (exact) mass is 295 g/mol. The van der Waals surface area contributed by atoms with Gasteiger partial charge in [0.15, 0.2) is 5.65 Å². The van der Waals surface area contributed by atoms with Crippen LogP contribution in [0, 0.1) is 13.8 Å². The normalized spacial score (nSPS) is 11.9. The molecule has 1 N–H and O–H groups in total. The minimum atomic E-state index is -0.0656. The molecular weight excluding hydrogens is 274 g/mol. The molecule has 1 aromatic carbocycles. The third-order valence-electron chi connectivity index (χ3n) is 3.59. The average Bonchev–Trinajstić information content (AvgIpc) is 2.85. The van der Waals surface area contributed by atoms with Gasteiger partial charge in [0.2, 0.25) is 0 Å². The van der Waals surface area contributed by atoms with Crippen LogP contribution in [0.3, 0.4) is 0 Å². The second-order valence-electron chi connectivity index (χ2n) is 6.66. The van der Waals surface area contributed by atoms with Gasteiger partial charge in [-0.3, -0.25) is 0 Å². The molecule has 0 saturated carbocycles. The van der Waals surface area contributed by atoms with Crippen molar-refractivity contribution in [3.63, 3.8) is 0 Å². The Kier molecular flexibility index (Phi) is 3.35. The minimum absolute atomic E-state index is 0.0656. The highest BCUT2D eigenvalue weighted by atomic mass is 15.3. The van der Waals surface area contributed by atoms with Crippen LogP contribution in [-0.4, -0.2) is 25.3 Å². The molecule has 2 aromatic heterocycles. The van der Waals surface area contributed by atoms with Crippen LogP contribution < -0.4 is 5.32 Å². The Labute approximate surface area is 130 Å². The van der Waals surface area contributed by atoms with E-state index in [-0.39, 0.29) is 5.54 Å². The molecule has 0 spiro atoms. The van der Waals surface area contributed by atoms with Crippen LogP contribution in [0.25, 0.3) is 16.7 Å². The van der Waals surface area contributed by atoms with Crippen LogP contribution in [0.4, 0.5) is 5.82 Å². The summed E-state index contributed by atoms with van der Waals surface area (Å²) in [6, 6.07) is 6.29. The minimum Gasteiger partial charge on any atom is -0.365 e. The number of aryl methyl sites for hydroxylation is 2. The van der Waals surface area contributed by atoms with E-state index in [0.29, 0.717) is 0 Å². The Morgan fingerprint density at radius 2 is 1.82 bits per heavy atom. The summed E-state index contributed by atoms with van der Waals surface area (Å²) in [5.41, 5.74) is 4.26. The summed E-state index contributed by atoms with van der Waals surface area (Å²) >= 11 is 0. The second kappa shape index (κ2) is 5.09. The number of rotatable bonds is 2. The average molecular weight is 295 g/mol. The lowest BCUT2D eigenvalue weighted by molar-refractivity contribution is 0.631. The highest BCUT2D eigenvalue weighted by molar-refractivity contribution is 5.87. The molecule has 0 atom stereocenters. The molecule has 0 saturated heterocycles. The van der Waals surface area contributed by atoms with Gasteiger partial charge in [0.1, 0.15) is 12.1 Å². The van der Waals surface area contributed by atoms with E-state index in [2.05, 4.69) is 73.2 Å². The predicted molar refractivity (Wildman–Crippen MR) is 89.5 cm³/mol. The maximum atomic E-state index is 4.50. The lowest BCUT2D eigenvalue weighted by Gasteiger charge is -2.21. The van der Waals surface area contributed by atoms with Gasteiger partial charge in [-0.15, -0.1) is 0 Å².